The van der Waals surface area contributed by atoms with Gasteiger partial charge < -0.3 is 20.6 Å². The van der Waals surface area contributed by atoms with Crippen LogP contribution in [0.5, 0.6) is 0 Å². The Hall–Kier alpha value is -2.38. The van der Waals surface area contributed by atoms with E-state index in [-0.39, 0.29) is 11.9 Å². The molecule has 1 aromatic heterocycles. The van der Waals surface area contributed by atoms with Crippen molar-refractivity contribution in [2.45, 2.75) is 51.4 Å². The van der Waals surface area contributed by atoms with Gasteiger partial charge in [0.25, 0.3) is 0 Å². The average molecular weight is 373 g/mol. The maximum atomic E-state index is 12.3. The van der Waals surface area contributed by atoms with E-state index in [9.17, 15) is 14.7 Å². The average Bonchev–Trinajstić information content (AvgIpc) is 2.98. The van der Waals surface area contributed by atoms with E-state index in [1.807, 2.05) is 51.1 Å². The summed E-state index contributed by atoms with van der Waals surface area (Å²) in [7, 11) is 0. The lowest BCUT2D eigenvalue weighted by Crippen LogP contribution is -2.53. The van der Waals surface area contributed by atoms with Gasteiger partial charge in [0.1, 0.15) is 11.6 Å². The summed E-state index contributed by atoms with van der Waals surface area (Å²) in [4.78, 5) is 29.3. The van der Waals surface area contributed by atoms with Gasteiger partial charge in [-0.3, -0.25) is 14.5 Å². The Balaban J connectivity index is 1.78. The number of piperidine rings is 1. The number of aromatic amines is 1. The van der Waals surface area contributed by atoms with Crippen molar-refractivity contribution in [2.75, 3.05) is 6.54 Å². The zero-order valence-electron chi connectivity index (χ0n) is 15.9. The molecule has 2 aromatic rings. The quantitative estimate of drug-likeness (QED) is 0.711. The van der Waals surface area contributed by atoms with Crippen LogP contribution in [0.4, 0.5) is 0 Å². The molecular formula is C20H27N3O4. The van der Waals surface area contributed by atoms with E-state index in [0.29, 0.717) is 25.1 Å². The van der Waals surface area contributed by atoms with Crippen molar-refractivity contribution < 1.29 is 19.4 Å². The fourth-order valence-electron chi connectivity index (χ4n) is 3.63. The van der Waals surface area contributed by atoms with Crippen molar-refractivity contribution in [3.63, 3.8) is 0 Å². The molecule has 0 amide bonds. The number of aliphatic carboxylic acids is 1. The molecule has 7 heteroatoms. The minimum absolute atomic E-state index is 0.268. The van der Waals surface area contributed by atoms with Crippen LogP contribution in [0.2, 0.25) is 0 Å². The second-order valence-corrected chi connectivity index (χ2v) is 8.11. The second-order valence-electron chi connectivity index (χ2n) is 8.11. The first-order valence-electron chi connectivity index (χ1n) is 9.20. The molecule has 1 fully saturated rings. The molecule has 0 aliphatic carbocycles. The molecule has 1 aromatic carbocycles. The van der Waals surface area contributed by atoms with Crippen molar-refractivity contribution >= 4 is 22.8 Å². The monoisotopic (exact) mass is 373 g/mol. The number of aromatic nitrogens is 1. The lowest BCUT2D eigenvalue weighted by molar-refractivity contribution is -0.163. The number of nitrogens with one attached hydrogen (secondary N) is 1. The summed E-state index contributed by atoms with van der Waals surface area (Å²) in [6, 6.07) is 8.62. The number of fused-ring (bicyclic) bond motifs is 1. The van der Waals surface area contributed by atoms with Crippen molar-refractivity contribution in [1.29, 1.82) is 0 Å². The number of para-hydroxylation sites is 1. The number of nitrogens with two attached hydrogens (primary N) is 1. The van der Waals surface area contributed by atoms with Gasteiger partial charge in [-0.15, -0.1) is 0 Å². The van der Waals surface area contributed by atoms with Gasteiger partial charge in [0.2, 0.25) is 0 Å². The van der Waals surface area contributed by atoms with Crippen molar-refractivity contribution in [3.8, 4) is 0 Å². The van der Waals surface area contributed by atoms with E-state index < -0.39 is 23.8 Å². The summed E-state index contributed by atoms with van der Waals surface area (Å²) in [5, 5.41) is 10.8. The molecular weight excluding hydrogens is 346 g/mol. The minimum atomic E-state index is -0.965. The molecule has 0 spiro atoms. The van der Waals surface area contributed by atoms with Gasteiger partial charge >= 0.3 is 11.9 Å². The molecule has 0 bridgehead atoms. The molecule has 3 atom stereocenters. The molecule has 1 aliphatic rings. The lowest BCUT2D eigenvalue weighted by atomic mass is 9.92. The number of likely N-dealkylation sites (tertiary alicyclic amines) is 1. The first-order valence-corrected chi connectivity index (χ1v) is 9.20. The van der Waals surface area contributed by atoms with E-state index in [4.69, 9.17) is 10.5 Å². The third-order valence-electron chi connectivity index (χ3n) is 4.84. The molecule has 3 rings (SSSR count). The maximum absolute atomic E-state index is 12.3. The predicted octanol–water partition coefficient (Wildman–Crippen LogP) is 2.63. The zero-order valence-corrected chi connectivity index (χ0v) is 15.9. The fraction of sp³-hybridized carbons (Fsp3) is 0.500. The topological polar surface area (TPSA) is 109 Å². The number of benzene rings is 1. The Morgan fingerprint density at radius 3 is 2.63 bits per heavy atom. The zero-order chi connectivity index (χ0) is 19.8. The van der Waals surface area contributed by atoms with Gasteiger partial charge in [0.05, 0.1) is 12.1 Å². The summed E-state index contributed by atoms with van der Waals surface area (Å²) in [6.45, 7) is 5.90. The number of carbonyl (C=O) groups is 2. The van der Waals surface area contributed by atoms with Gasteiger partial charge in [-0.2, -0.15) is 0 Å². The molecule has 1 saturated heterocycles. The Kier molecular flexibility index (Phi) is 5.26. The fourth-order valence-corrected chi connectivity index (χ4v) is 3.63. The minimum Gasteiger partial charge on any atom is -0.480 e. The van der Waals surface area contributed by atoms with Gasteiger partial charge in [0.15, 0.2) is 0 Å². The van der Waals surface area contributed by atoms with Crippen LogP contribution in [0.1, 0.15) is 45.3 Å². The van der Waals surface area contributed by atoms with Crippen LogP contribution in [-0.4, -0.2) is 45.2 Å². The Morgan fingerprint density at radius 1 is 1.33 bits per heavy atom. The number of nitrogens with zero attached hydrogens (tertiary/aromatic N) is 1. The molecule has 2 heterocycles. The van der Waals surface area contributed by atoms with E-state index in [2.05, 4.69) is 4.98 Å². The second kappa shape index (κ2) is 7.32. The van der Waals surface area contributed by atoms with Crippen LogP contribution in [0, 0.1) is 5.92 Å². The van der Waals surface area contributed by atoms with Crippen LogP contribution < -0.4 is 5.73 Å². The van der Waals surface area contributed by atoms with Gasteiger partial charge in [-0.1, -0.05) is 18.2 Å². The van der Waals surface area contributed by atoms with Crippen LogP contribution in [0.3, 0.4) is 0 Å². The molecule has 4 N–H and O–H groups in total. The number of hydrogen-bond donors (Lipinski definition) is 3. The SMILES string of the molecule is CC(C)(C)OC(=O)C1CCN(C(C(=O)O)c2cc3ccccc3[nH]2)C(N)C1. The summed E-state index contributed by atoms with van der Waals surface area (Å²) in [5.41, 5.74) is 7.21. The Bertz CT molecular complexity index is 806. The van der Waals surface area contributed by atoms with E-state index >= 15 is 0 Å². The van der Waals surface area contributed by atoms with Crippen LogP contribution in [0.25, 0.3) is 10.9 Å². The van der Waals surface area contributed by atoms with Gasteiger partial charge in [-0.05, 0) is 51.1 Å². The Morgan fingerprint density at radius 2 is 2.04 bits per heavy atom. The number of esters is 1. The van der Waals surface area contributed by atoms with E-state index in [1.54, 1.807) is 4.90 Å². The largest absolute Gasteiger partial charge is 0.480 e. The highest BCUT2D eigenvalue weighted by Gasteiger charge is 2.39. The molecule has 1 aliphatic heterocycles. The predicted molar refractivity (Wildman–Crippen MR) is 102 cm³/mol. The molecule has 3 unspecified atom stereocenters. The highest BCUT2D eigenvalue weighted by molar-refractivity contribution is 5.83. The summed E-state index contributed by atoms with van der Waals surface area (Å²) < 4.78 is 5.46. The van der Waals surface area contributed by atoms with Crippen molar-refractivity contribution in [3.05, 3.63) is 36.0 Å². The normalized spacial score (nSPS) is 22.5. The van der Waals surface area contributed by atoms with Gasteiger partial charge in [-0.25, -0.2) is 0 Å². The van der Waals surface area contributed by atoms with Crippen LogP contribution in [0.15, 0.2) is 30.3 Å². The first kappa shape index (κ1) is 19.4. The summed E-state index contributed by atoms with van der Waals surface area (Å²) in [5.74, 6) is -1.55. The van der Waals surface area contributed by atoms with E-state index in [1.165, 1.54) is 0 Å². The lowest BCUT2D eigenvalue weighted by Gasteiger charge is -2.40. The summed E-state index contributed by atoms with van der Waals surface area (Å²) >= 11 is 0. The number of carboxylic acids is 1. The van der Waals surface area contributed by atoms with E-state index in [0.717, 1.165) is 10.9 Å². The number of H-pyrrole nitrogens is 1. The number of carbonyl (C=O) groups excluding carboxylic acids is 1. The van der Waals surface area contributed by atoms with Crippen LogP contribution in [-0.2, 0) is 14.3 Å². The first-order chi connectivity index (χ1) is 12.7. The third-order valence-corrected chi connectivity index (χ3v) is 4.84. The molecule has 0 saturated carbocycles. The Labute approximate surface area is 158 Å². The van der Waals surface area contributed by atoms with Gasteiger partial charge in [0, 0.05) is 17.8 Å². The highest BCUT2D eigenvalue weighted by atomic mass is 16.6. The molecule has 0 radical (unpaired) electrons. The third kappa shape index (κ3) is 4.31. The van der Waals surface area contributed by atoms with Crippen molar-refractivity contribution in [2.24, 2.45) is 11.7 Å². The molecule has 27 heavy (non-hydrogen) atoms. The smallest absolute Gasteiger partial charge is 0.327 e. The molecule has 7 nitrogen and oxygen atoms in total. The van der Waals surface area contributed by atoms with Crippen molar-refractivity contribution in [1.82, 2.24) is 9.88 Å². The van der Waals surface area contributed by atoms with Crippen LogP contribution >= 0.6 is 0 Å². The maximum Gasteiger partial charge on any atom is 0.327 e. The number of rotatable bonds is 4. The standard InChI is InChI=1S/C20H27N3O4/c1-20(2,3)27-19(26)13-8-9-23(16(21)11-13)17(18(24)25)15-10-12-6-4-5-7-14(12)22-15/h4-7,10,13,16-17,22H,8-9,11,21H2,1-3H3,(H,24,25). The molecule has 146 valence electrons. The summed E-state index contributed by atoms with van der Waals surface area (Å²) in [6.07, 6.45) is 0.356. The number of hydrogen-bond acceptors (Lipinski definition) is 5. The number of carboxylic acid groups (broad SMARTS) is 1. The highest BCUT2D eigenvalue weighted by Crippen LogP contribution is 2.32. The number of ether oxygens (including phenoxy) is 1.